The van der Waals surface area contributed by atoms with Crippen molar-refractivity contribution in [2.24, 2.45) is 9.98 Å². The van der Waals surface area contributed by atoms with E-state index in [4.69, 9.17) is 10.1 Å². The van der Waals surface area contributed by atoms with E-state index < -0.39 is 12.1 Å². The summed E-state index contributed by atoms with van der Waals surface area (Å²) < 4.78 is 0.911. The van der Waals surface area contributed by atoms with E-state index in [1.54, 1.807) is 13.1 Å². The van der Waals surface area contributed by atoms with Crippen LogP contribution in [0.1, 0.15) is 37.4 Å². The van der Waals surface area contributed by atoms with Crippen LogP contribution in [0.4, 0.5) is 5.69 Å². The highest BCUT2D eigenvalue weighted by molar-refractivity contribution is 9.10. The number of fused-ring (bicyclic) bond motifs is 1. The molecule has 0 bridgehead atoms. The Bertz CT molecular complexity index is 929. The molecule has 1 aliphatic heterocycles. The number of benzodiazepines with no additional fused rings is 1. The smallest absolute Gasteiger partial charge is 0.303 e. The predicted molar refractivity (Wildman–Crippen MR) is 117 cm³/mol. The molecule has 152 valence electrons. The second-order valence-electron chi connectivity index (χ2n) is 6.88. The molecule has 2 aromatic rings. The van der Waals surface area contributed by atoms with E-state index in [0.29, 0.717) is 18.7 Å². The summed E-state index contributed by atoms with van der Waals surface area (Å²) in [6, 6.07) is 11.1. The molecule has 3 rings (SSSR count). The first-order valence-electron chi connectivity index (χ1n) is 9.44. The number of nitrogens with one attached hydrogen (secondary N) is 1. The lowest BCUT2D eigenvalue weighted by atomic mass is 10.0. The molecular formula is C21H23BrN4O3. The number of carbonyl (C=O) groups is 1. The summed E-state index contributed by atoms with van der Waals surface area (Å²) in [6.07, 6.45) is 2.18. The monoisotopic (exact) mass is 458 g/mol. The number of rotatable bonds is 7. The minimum absolute atomic E-state index is 0.0626. The number of benzene rings is 1. The second-order valence-corrected chi connectivity index (χ2v) is 7.80. The maximum Gasteiger partial charge on any atom is 0.303 e. The van der Waals surface area contributed by atoms with Gasteiger partial charge in [0, 0.05) is 28.3 Å². The van der Waals surface area contributed by atoms with Gasteiger partial charge in [0.2, 0.25) is 0 Å². The fourth-order valence-corrected chi connectivity index (χ4v) is 3.42. The fourth-order valence-electron chi connectivity index (χ4n) is 3.06. The van der Waals surface area contributed by atoms with Crippen molar-refractivity contribution in [1.82, 2.24) is 4.98 Å². The molecule has 0 spiro atoms. The Morgan fingerprint density at radius 1 is 1.34 bits per heavy atom. The van der Waals surface area contributed by atoms with Crippen LogP contribution in [0.5, 0.6) is 0 Å². The largest absolute Gasteiger partial charge is 0.481 e. The van der Waals surface area contributed by atoms with Crippen LogP contribution in [0.25, 0.3) is 0 Å². The Morgan fingerprint density at radius 2 is 2.17 bits per heavy atom. The highest BCUT2D eigenvalue weighted by Crippen LogP contribution is 2.28. The molecule has 0 fully saturated rings. The second kappa shape index (κ2) is 9.76. The van der Waals surface area contributed by atoms with Gasteiger partial charge in [0.25, 0.3) is 0 Å². The third kappa shape index (κ3) is 5.71. The highest BCUT2D eigenvalue weighted by atomic mass is 79.9. The average molecular weight is 459 g/mol. The molecule has 0 saturated carbocycles. The quantitative estimate of drug-likeness (QED) is 0.588. The van der Waals surface area contributed by atoms with Crippen LogP contribution < -0.4 is 5.32 Å². The Hall–Kier alpha value is -2.58. The summed E-state index contributed by atoms with van der Waals surface area (Å²) in [6.45, 7) is 1.91. The fraction of sp³-hybridized carbons (Fsp3) is 0.333. The van der Waals surface area contributed by atoms with Crippen LogP contribution in [0.15, 0.2) is 57.1 Å². The molecule has 29 heavy (non-hydrogen) atoms. The summed E-state index contributed by atoms with van der Waals surface area (Å²) in [4.78, 5) is 24.9. The number of anilines is 1. The standard InChI is InChI=1S/C21H23BrN4O3/c1-13(27)12-24-21-18(6-4-7-19(28)29)25-20(17-5-2-3-10-23-17)15-11-14(22)8-9-16(15)26-21/h2-3,5,8-11,13,18,27H,4,6-7,12H2,1H3,(H,24,26)(H,28,29). The van der Waals surface area contributed by atoms with Gasteiger partial charge in [0.1, 0.15) is 11.9 Å². The Balaban J connectivity index is 2.08. The molecule has 3 N–H and O–H groups in total. The van der Waals surface area contributed by atoms with Gasteiger partial charge in [0.15, 0.2) is 0 Å². The summed E-state index contributed by atoms with van der Waals surface area (Å²) in [5.41, 5.74) is 3.16. The van der Waals surface area contributed by atoms with E-state index >= 15 is 0 Å². The normalized spacial score (nSPS) is 18.4. The van der Waals surface area contributed by atoms with Gasteiger partial charge in [-0.25, -0.2) is 0 Å². The number of hydrogen-bond acceptors (Lipinski definition) is 5. The Kier molecular flexibility index (Phi) is 7.11. The summed E-state index contributed by atoms with van der Waals surface area (Å²) in [7, 11) is 0. The van der Waals surface area contributed by atoms with Crippen molar-refractivity contribution in [2.75, 3.05) is 11.9 Å². The molecule has 1 aliphatic rings. The minimum Gasteiger partial charge on any atom is -0.481 e. The van der Waals surface area contributed by atoms with Crippen LogP contribution in [0, 0.1) is 0 Å². The molecule has 0 saturated heterocycles. The van der Waals surface area contributed by atoms with Crippen molar-refractivity contribution >= 4 is 39.1 Å². The third-order valence-corrected chi connectivity index (χ3v) is 4.89. The van der Waals surface area contributed by atoms with Gasteiger partial charge in [-0.2, -0.15) is 0 Å². The number of aliphatic carboxylic acids is 1. The van der Waals surface area contributed by atoms with Crippen LogP contribution in [-0.2, 0) is 4.79 Å². The first-order valence-corrected chi connectivity index (χ1v) is 10.2. The number of halogens is 1. The number of amidine groups is 1. The van der Waals surface area contributed by atoms with E-state index in [9.17, 15) is 9.90 Å². The predicted octanol–water partition coefficient (Wildman–Crippen LogP) is 3.51. The molecule has 2 atom stereocenters. The van der Waals surface area contributed by atoms with Gasteiger partial charge in [-0.15, -0.1) is 0 Å². The van der Waals surface area contributed by atoms with Gasteiger partial charge in [0.05, 0.1) is 24.1 Å². The molecule has 7 nitrogen and oxygen atoms in total. The van der Waals surface area contributed by atoms with Crippen molar-refractivity contribution in [3.05, 3.63) is 58.3 Å². The van der Waals surface area contributed by atoms with Crippen molar-refractivity contribution in [2.45, 2.75) is 38.3 Å². The van der Waals surface area contributed by atoms with Gasteiger partial charge < -0.3 is 15.5 Å². The van der Waals surface area contributed by atoms with Crippen molar-refractivity contribution in [1.29, 1.82) is 0 Å². The number of hydrogen-bond donors (Lipinski definition) is 3. The SMILES string of the molecule is CC(O)CN=C1Nc2ccc(Br)cc2C(c2ccccn2)=NC1CCCC(=O)O. The number of aliphatic hydroxyl groups is 1. The lowest BCUT2D eigenvalue weighted by Crippen LogP contribution is -2.27. The first kappa shape index (κ1) is 21.1. The Labute approximate surface area is 177 Å². The summed E-state index contributed by atoms with van der Waals surface area (Å²) in [5, 5.41) is 22.1. The van der Waals surface area contributed by atoms with Gasteiger partial charge in [-0.05, 0) is 50.1 Å². The Morgan fingerprint density at radius 3 is 2.86 bits per heavy atom. The lowest BCUT2D eigenvalue weighted by molar-refractivity contribution is -0.137. The molecule has 0 radical (unpaired) electrons. The van der Waals surface area contributed by atoms with Gasteiger partial charge in [-0.3, -0.25) is 19.8 Å². The summed E-state index contributed by atoms with van der Waals surface area (Å²) in [5.74, 6) is -0.221. The zero-order chi connectivity index (χ0) is 20.8. The van der Waals surface area contributed by atoms with E-state index in [0.717, 1.165) is 27.1 Å². The minimum atomic E-state index is -0.838. The summed E-state index contributed by atoms with van der Waals surface area (Å²) >= 11 is 3.52. The number of carboxylic acid groups (broad SMARTS) is 1. The van der Waals surface area contributed by atoms with Crippen molar-refractivity contribution < 1.29 is 15.0 Å². The molecule has 0 amide bonds. The molecular weight excluding hydrogens is 436 g/mol. The molecule has 0 aliphatic carbocycles. The number of aliphatic hydroxyl groups excluding tert-OH is 1. The molecule has 8 heteroatoms. The van der Waals surface area contributed by atoms with Gasteiger partial charge >= 0.3 is 5.97 Å². The zero-order valence-electron chi connectivity index (χ0n) is 16.0. The van der Waals surface area contributed by atoms with E-state index in [2.05, 4.69) is 31.2 Å². The zero-order valence-corrected chi connectivity index (χ0v) is 17.6. The third-order valence-electron chi connectivity index (χ3n) is 4.40. The number of nitrogens with zero attached hydrogens (tertiary/aromatic N) is 3. The van der Waals surface area contributed by atoms with E-state index in [1.807, 2.05) is 36.4 Å². The van der Waals surface area contributed by atoms with Crippen molar-refractivity contribution in [3.63, 3.8) is 0 Å². The topological polar surface area (TPSA) is 107 Å². The molecule has 1 aromatic heterocycles. The highest BCUT2D eigenvalue weighted by Gasteiger charge is 2.25. The number of aliphatic imine (C=N–C) groups is 2. The molecule has 2 heterocycles. The van der Waals surface area contributed by atoms with Crippen LogP contribution in [0.3, 0.4) is 0 Å². The average Bonchev–Trinajstić information content (AvgIpc) is 2.83. The van der Waals surface area contributed by atoms with Gasteiger partial charge in [-0.1, -0.05) is 22.0 Å². The first-order chi connectivity index (χ1) is 13.9. The van der Waals surface area contributed by atoms with Crippen molar-refractivity contribution in [3.8, 4) is 0 Å². The van der Waals surface area contributed by atoms with Crippen LogP contribution in [0.2, 0.25) is 0 Å². The van der Waals surface area contributed by atoms with E-state index in [-0.39, 0.29) is 19.0 Å². The molecule has 1 aromatic carbocycles. The van der Waals surface area contributed by atoms with Crippen LogP contribution in [-0.4, -0.2) is 51.4 Å². The van der Waals surface area contributed by atoms with Crippen LogP contribution >= 0.6 is 15.9 Å². The number of aromatic nitrogens is 1. The van der Waals surface area contributed by atoms with E-state index in [1.165, 1.54) is 0 Å². The number of carboxylic acids is 1. The maximum absolute atomic E-state index is 11.0. The number of pyridine rings is 1. The lowest BCUT2D eigenvalue weighted by Gasteiger charge is -2.16. The maximum atomic E-state index is 11.0. The molecule has 2 unspecified atom stereocenters.